The third kappa shape index (κ3) is 5.37. The first kappa shape index (κ1) is 23.7. The molecule has 3 aromatic rings. The second-order valence-corrected chi connectivity index (χ2v) is 9.77. The Bertz CT molecular complexity index is 1270. The van der Waals surface area contributed by atoms with E-state index in [0.717, 1.165) is 4.31 Å². The fourth-order valence-electron chi connectivity index (χ4n) is 3.40. The second kappa shape index (κ2) is 10.2. The van der Waals surface area contributed by atoms with Crippen LogP contribution in [-0.4, -0.2) is 47.2 Å². The highest BCUT2D eigenvalue weighted by Gasteiger charge is 2.28. The van der Waals surface area contributed by atoms with Crippen molar-refractivity contribution in [3.05, 3.63) is 77.8 Å². The van der Waals surface area contributed by atoms with Crippen LogP contribution in [0.1, 0.15) is 0 Å². The lowest BCUT2D eigenvalue weighted by Gasteiger charge is -2.27. The third-order valence-corrected chi connectivity index (χ3v) is 7.15. The molecule has 0 bridgehead atoms. The number of halogens is 1. The Kier molecular flexibility index (Phi) is 7.14. The Hall–Kier alpha value is -3.43. The van der Waals surface area contributed by atoms with Crippen LogP contribution in [0.15, 0.2) is 77.7 Å². The Labute approximate surface area is 203 Å². The van der Waals surface area contributed by atoms with Gasteiger partial charge in [0.25, 0.3) is 10.0 Å². The molecule has 0 radical (unpaired) electrons. The number of benzene rings is 3. The van der Waals surface area contributed by atoms with Crippen molar-refractivity contribution < 1.29 is 27.4 Å². The first-order valence-corrected chi connectivity index (χ1v) is 12.3. The van der Waals surface area contributed by atoms with Crippen LogP contribution in [0.4, 0.5) is 5.69 Å². The van der Waals surface area contributed by atoms with Gasteiger partial charge >= 0.3 is 0 Å². The smallest absolute Gasteiger partial charge is 0.264 e. The number of nitrogens with zero attached hydrogens (tertiary/aromatic N) is 1. The van der Waals surface area contributed by atoms with Crippen LogP contribution in [0.3, 0.4) is 0 Å². The van der Waals surface area contributed by atoms with E-state index in [1.807, 2.05) is 12.1 Å². The maximum atomic E-state index is 13.4. The summed E-state index contributed by atoms with van der Waals surface area (Å²) in [6, 6.07) is 19.5. The number of ether oxygens (including phenoxy) is 3. The van der Waals surface area contributed by atoms with Crippen LogP contribution in [-0.2, 0) is 14.8 Å². The van der Waals surface area contributed by atoms with E-state index in [-0.39, 0.29) is 23.7 Å². The zero-order valence-electron chi connectivity index (χ0n) is 18.3. The molecule has 0 aliphatic carbocycles. The number of hydrogen-bond donors (Lipinski definition) is 1. The molecule has 178 valence electrons. The van der Waals surface area contributed by atoms with Crippen LogP contribution < -0.4 is 23.8 Å². The molecule has 1 amide bonds. The molecule has 10 heteroatoms. The SMILES string of the molecule is COc1ccc(S(=O)(=O)N(CC(=O)NC[C@H]2COc3ccccc3O2)c2cccc(Cl)c2)cc1. The van der Waals surface area contributed by atoms with Crippen molar-refractivity contribution in [2.45, 2.75) is 11.0 Å². The summed E-state index contributed by atoms with van der Waals surface area (Å²) in [7, 11) is -2.58. The maximum absolute atomic E-state index is 13.4. The van der Waals surface area contributed by atoms with Gasteiger partial charge in [0.1, 0.15) is 25.0 Å². The van der Waals surface area contributed by atoms with Crippen molar-refractivity contribution in [1.82, 2.24) is 5.32 Å². The fraction of sp³-hybridized carbons (Fsp3) is 0.208. The van der Waals surface area contributed by atoms with E-state index in [4.69, 9.17) is 25.8 Å². The minimum atomic E-state index is -4.07. The molecule has 1 atom stereocenters. The molecule has 0 unspecified atom stereocenters. The van der Waals surface area contributed by atoms with Crippen molar-refractivity contribution in [3.8, 4) is 17.2 Å². The predicted molar refractivity (Wildman–Crippen MR) is 128 cm³/mol. The Balaban J connectivity index is 1.50. The molecule has 3 aromatic carbocycles. The number of fused-ring (bicyclic) bond motifs is 1. The monoisotopic (exact) mass is 502 g/mol. The maximum Gasteiger partial charge on any atom is 0.264 e. The lowest BCUT2D eigenvalue weighted by atomic mass is 10.2. The highest BCUT2D eigenvalue weighted by atomic mass is 35.5. The highest BCUT2D eigenvalue weighted by Crippen LogP contribution is 2.31. The van der Waals surface area contributed by atoms with Gasteiger partial charge in [-0.05, 0) is 54.6 Å². The van der Waals surface area contributed by atoms with E-state index in [1.165, 1.54) is 25.3 Å². The first-order valence-electron chi connectivity index (χ1n) is 10.4. The first-order chi connectivity index (χ1) is 16.4. The number of para-hydroxylation sites is 2. The summed E-state index contributed by atoms with van der Waals surface area (Å²) >= 11 is 6.10. The average molecular weight is 503 g/mol. The second-order valence-electron chi connectivity index (χ2n) is 7.47. The van der Waals surface area contributed by atoms with E-state index in [9.17, 15) is 13.2 Å². The average Bonchev–Trinajstić information content (AvgIpc) is 2.85. The number of methoxy groups -OCH3 is 1. The largest absolute Gasteiger partial charge is 0.497 e. The number of sulfonamides is 1. The topological polar surface area (TPSA) is 94.2 Å². The van der Waals surface area contributed by atoms with E-state index in [2.05, 4.69) is 5.32 Å². The van der Waals surface area contributed by atoms with Gasteiger partial charge in [-0.15, -0.1) is 0 Å². The summed E-state index contributed by atoms with van der Waals surface area (Å²) in [6.07, 6.45) is -0.406. The van der Waals surface area contributed by atoms with Crippen LogP contribution >= 0.6 is 11.6 Å². The molecule has 1 aliphatic heterocycles. The number of anilines is 1. The van der Waals surface area contributed by atoms with Crippen LogP contribution in [0.25, 0.3) is 0 Å². The van der Waals surface area contributed by atoms with Crippen molar-refractivity contribution in [2.75, 3.05) is 31.1 Å². The van der Waals surface area contributed by atoms with Gasteiger partial charge in [0, 0.05) is 5.02 Å². The predicted octanol–water partition coefficient (Wildman–Crippen LogP) is 3.50. The zero-order chi connectivity index (χ0) is 24.1. The summed E-state index contributed by atoms with van der Waals surface area (Å²) in [5.41, 5.74) is 0.268. The molecular weight excluding hydrogens is 480 g/mol. The lowest BCUT2D eigenvalue weighted by Crippen LogP contribution is -2.45. The lowest BCUT2D eigenvalue weighted by molar-refractivity contribution is -0.120. The summed E-state index contributed by atoms with van der Waals surface area (Å²) in [4.78, 5) is 12.8. The molecule has 0 aromatic heterocycles. The molecule has 0 saturated carbocycles. The zero-order valence-corrected chi connectivity index (χ0v) is 19.9. The molecule has 0 saturated heterocycles. The van der Waals surface area contributed by atoms with Crippen molar-refractivity contribution in [3.63, 3.8) is 0 Å². The molecule has 1 aliphatic rings. The molecular formula is C24H23ClN2O6S. The Morgan fingerprint density at radius 1 is 1.09 bits per heavy atom. The van der Waals surface area contributed by atoms with Gasteiger partial charge in [0.15, 0.2) is 11.5 Å². The van der Waals surface area contributed by atoms with Gasteiger partial charge in [-0.1, -0.05) is 29.8 Å². The minimum absolute atomic E-state index is 0.0155. The van der Waals surface area contributed by atoms with E-state index < -0.39 is 28.6 Å². The van der Waals surface area contributed by atoms with Gasteiger partial charge in [-0.3, -0.25) is 9.10 Å². The van der Waals surface area contributed by atoms with Crippen molar-refractivity contribution in [2.24, 2.45) is 0 Å². The third-order valence-electron chi connectivity index (χ3n) is 5.13. The standard InChI is InChI=1S/C24H23ClN2O6S/c1-31-19-9-11-21(12-10-19)34(29,30)27(18-6-4-5-17(25)13-18)15-24(28)26-14-20-16-32-22-7-2-3-8-23(22)33-20/h2-13,20H,14-16H2,1H3,(H,26,28)/t20-/m0/s1. The van der Waals surface area contributed by atoms with Crippen LogP contribution in [0.5, 0.6) is 17.2 Å². The Morgan fingerprint density at radius 2 is 1.82 bits per heavy atom. The summed E-state index contributed by atoms with van der Waals surface area (Å²) in [5.74, 6) is 1.25. The van der Waals surface area contributed by atoms with Crippen molar-refractivity contribution >= 4 is 33.2 Å². The molecule has 0 fully saturated rings. The number of rotatable bonds is 8. The van der Waals surface area contributed by atoms with Crippen LogP contribution in [0, 0.1) is 0 Å². The van der Waals surface area contributed by atoms with E-state index >= 15 is 0 Å². The molecule has 34 heavy (non-hydrogen) atoms. The van der Waals surface area contributed by atoms with Crippen molar-refractivity contribution in [1.29, 1.82) is 0 Å². The summed E-state index contributed by atoms with van der Waals surface area (Å²) in [6.45, 7) is -0.0303. The Morgan fingerprint density at radius 3 is 2.53 bits per heavy atom. The molecule has 1 N–H and O–H groups in total. The van der Waals surface area contributed by atoms with Gasteiger partial charge in [0.2, 0.25) is 5.91 Å². The van der Waals surface area contributed by atoms with E-state index in [0.29, 0.717) is 22.3 Å². The molecule has 8 nitrogen and oxygen atoms in total. The fourth-order valence-corrected chi connectivity index (χ4v) is 5.00. The number of amides is 1. The number of carbonyl (C=O) groups is 1. The van der Waals surface area contributed by atoms with Gasteiger partial charge < -0.3 is 19.5 Å². The number of hydrogen-bond acceptors (Lipinski definition) is 6. The molecule has 1 heterocycles. The number of carbonyl (C=O) groups excluding carboxylic acids is 1. The van der Waals surface area contributed by atoms with E-state index in [1.54, 1.807) is 42.5 Å². The molecule has 4 rings (SSSR count). The van der Waals surface area contributed by atoms with Gasteiger partial charge in [-0.2, -0.15) is 0 Å². The molecule has 0 spiro atoms. The highest BCUT2D eigenvalue weighted by molar-refractivity contribution is 7.92. The summed E-state index contributed by atoms with van der Waals surface area (Å²) < 4.78 is 44.5. The quantitative estimate of drug-likeness (QED) is 0.506. The normalized spacial score (nSPS) is 14.8. The van der Waals surface area contributed by atoms with Gasteiger partial charge in [-0.25, -0.2) is 8.42 Å². The minimum Gasteiger partial charge on any atom is -0.497 e. The summed E-state index contributed by atoms with van der Waals surface area (Å²) in [5, 5.41) is 3.08. The van der Waals surface area contributed by atoms with Gasteiger partial charge in [0.05, 0.1) is 24.2 Å². The number of nitrogens with one attached hydrogen (secondary N) is 1. The van der Waals surface area contributed by atoms with Crippen LogP contribution in [0.2, 0.25) is 5.02 Å².